The van der Waals surface area contributed by atoms with Gasteiger partial charge in [-0.3, -0.25) is 9.59 Å². The van der Waals surface area contributed by atoms with Crippen LogP contribution in [0, 0.1) is 12.7 Å². The molecule has 2 aromatic carbocycles. The predicted molar refractivity (Wildman–Crippen MR) is 126 cm³/mol. The third-order valence-corrected chi connectivity index (χ3v) is 6.52. The molecule has 32 heavy (non-hydrogen) atoms. The maximum absolute atomic E-state index is 14.4. The molecule has 3 rings (SSSR count). The van der Waals surface area contributed by atoms with Crippen molar-refractivity contribution in [3.05, 3.63) is 70.0 Å². The predicted octanol–water partition coefficient (Wildman–Crippen LogP) is 5.59. The maximum atomic E-state index is 14.4. The minimum Gasteiger partial charge on any atom is -0.352 e. The van der Waals surface area contributed by atoms with Crippen LogP contribution in [-0.4, -0.2) is 28.8 Å². The Morgan fingerprint density at radius 3 is 2.53 bits per heavy atom. The molecule has 1 saturated carbocycles. The first-order valence-corrected chi connectivity index (χ1v) is 11.8. The Hall–Kier alpha value is -2.40. The van der Waals surface area contributed by atoms with Gasteiger partial charge in [0.1, 0.15) is 11.9 Å². The lowest BCUT2D eigenvalue weighted by Gasteiger charge is -2.33. The highest BCUT2D eigenvalue weighted by atomic mass is 35.5. The number of halogens is 2. The average Bonchev–Trinajstić information content (AvgIpc) is 2.77. The standard InChI is InChI=1S/C26H32ClFN2O2/c1-3-24(26(32)29-20-11-5-4-6-12-20)30(17-19-10-7-9-18(2)15-19)25(31)16-21-22(27)13-8-14-23(21)28/h7-10,13-15,20,24H,3-6,11-12,16-17H2,1-2H3,(H,29,32)/t24-/m1/s1. The van der Waals surface area contributed by atoms with E-state index in [-0.39, 0.29) is 41.4 Å². The van der Waals surface area contributed by atoms with Crippen molar-refractivity contribution in [1.29, 1.82) is 0 Å². The van der Waals surface area contributed by atoms with Gasteiger partial charge in [0.2, 0.25) is 11.8 Å². The molecule has 1 fully saturated rings. The molecule has 0 aliphatic heterocycles. The van der Waals surface area contributed by atoms with Crippen molar-refractivity contribution in [2.24, 2.45) is 0 Å². The Kier molecular flexibility index (Phi) is 8.68. The molecule has 6 heteroatoms. The molecule has 1 aliphatic rings. The summed E-state index contributed by atoms with van der Waals surface area (Å²) in [5.74, 6) is -0.967. The highest BCUT2D eigenvalue weighted by Crippen LogP contribution is 2.23. The van der Waals surface area contributed by atoms with Gasteiger partial charge in [0.05, 0.1) is 6.42 Å². The Labute approximate surface area is 195 Å². The van der Waals surface area contributed by atoms with Gasteiger partial charge in [0.25, 0.3) is 0 Å². The van der Waals surface area contributed by atoms with Crippen LogP contribution in [0.15, 0.2) is 42.5 Å². The smallest absolute Gasteiger partial charge is 0.243 e. The van der Waals surface area contributed by atoms with Crippen molar-refractivity contribution in [3.8, 4) is 0 Å². The maximum Gasteiger partial charge on any atom is 0.243 e. The van der Waals surface area contributed by atoms with Gasteiger partial charge in [-0.15, -0.1) is 0 Å². The van der Waals surface area contributed by atoms with E-state index in [0.29, 0.717) is 6.42 Å². The number of nitrogens with zero attached hydrogens (tertiary/aromatic N) is 1. The highest BCUT2D eigenvalue weighted by molar-refractivity contribution is 6.31. The molecule has 2 aromatic rings. The topological polar surface area (TPSA) is 49.4 Å². The van der Waals surface area contributed by atoms with Crippen molar-refractivity contribution in [1.82, 2.24) is 10.2 Å². The quantitative estimate of drug-likeness (QED) is 0.560. The normalized spacial score (nSPS) is 15.2. The fraction of sp³-hybridized carbons (Fsp3) is 0.462. The number of amides is 2. The lowest BCUT2D eigenvalue weighted by Crippen LogP contribution is -2.52. The molecule has 0 saturated heterocycles. The summed E-state index contributed by atoms with van der Waals surface area (Å²) >= 11 is 6.17. The summed E-state index contributed by atoms with van der Waals surface area (Å²) < 4.78 is 14.4. The van der Waals surface area contributed by atoms with Crippen LogP contribution in [-0.2, 0) is 22.6 Å². The van der Waals surface area contributed by atoms with Crippen molar-refractivity contribution in [2.75, 3.05) is 0 Å². The monoisotopic (exact) mass is 458 g/mol. The summed E-state index contributed by atoms with van der Waals surface area (Å²) in [6.07, 6.45) is 5.65. The molecule has 0 heterocycles. The van der Waals surface area contributed by atoms with Crippen molar-refractivity contribution in [3.63, 3.8) is 0 Å². The van der Waals surface area contributed by atoms with Gasteiger partial charge in [-0.05, 0) is 43.9 Å². The molecule has 2 amide bonds. The number of nitrogens with one attached hydrogen (secondary N) is 1. The fourth-order valence-corrected chi connectivity index (χ4v) is 4.65. The number of benzene rings is 2. The lowest BCUT2D eigenvalue weighted by atomic mass is 9.95. The second kappa shape index (κ2) is 11.5. The highest BCUT2D eigenvalue weighted by Gasteiger charge is 2.31. The summed E-state index contributed by atoms with van der Waals surface area (Å²) in [7, 11) is 0. The minimum atomic E-state index is -0.629. The largest absolute Gasteiger partial charge is 0.352 e. The molecular weight excluding hydrogens is 427 g/mol. The van der Waals surface area contributed by atoms with Crippen molar-refractivity contribution >= 4 is 23.4 Å². The molecule has 0 unspecified atom stereocenters. The molecule has 1 N–H and O–H groups in total. The van der Waals surface area contributed by atoms with Crippen LogP contribution < -0.4 is 5.32 Å². The third kappa shape index (κ3) is 6.32. The van der Waals surface area contributed by atoms with Crippen LogP contribution >= 0.6 is 11.6 Å². The number of aryl methyl sites for hydroxylation is 1. The fourth-order valence-electron chi connectivity index (χ4n) is 4.42. The summed E-state index contributed by atoms with van der Waals surface area (Å²) in [4.78, 5) is 28.2. The summed E-state index contributed by atoms with van der Waals surface area (Å²) in [5, 5.41) is 3.37. The minimum absolute atomic E-state index is 0.139. The van der Waals surface area contributed by atoms with E-state index in [1.54, 1.807) is 11.0 Å². The van der Waals surface area contributed by atoms with E-state index in [1.165, 1.54) is 18.6 Å². The number of hydrogen-bond donors (Lipinski definition) is 1. The summed E-state index contributed by atoms with van der Waals surface area (Å²) in [5.41, 5.74) is 2.17. The van der Waals surface area contributed by atoms with Gasteiger partial charge in [-0.2, -0.15) is 0 Å². The molecule has 0 spiro atoms. The van der Waals surface area contributed by atoms with Crippen LogP contribution in [0.25, 0.3) is 0 Å². The Morgan fingerprint density at radius 2 is 1.88 bits per heavy atom. The number of carbonyl (C=O) groups is 2. The summed E-state index contributed by atoms with van der Waals surface area (Å²) in [6, 6.07) is 11.8. The first-order valence-electron chi connectivity index (χ1n) is 11.5. The van der Waals surface area contributed by atoms with E-state index in [2.05, 4.69) is 5.32 Å². The lowest BCUT2D eigenvalue weighted by molar-refractivity contribution is -0.141. The van der Waals surface area contributed by atoms with Gasteiger partial charge >= 0.3 is 0 Å². The molecule has 0 radical (unpaired) electrons. The average molecular weight is 459 g/mol. The zero-order chi connectivity index (χ0) is 23.1. The van der Waals surface area contributed by atoms with E-state index >= 15 is 0 Å². The molecule has 1 atom stereocenters. The van der Waals surface area contributed by atoms with Crippen LogP contribution in [0.1, 0.15) is 62.1 Å². The zero-order valence-electron chi connectivity index (χ0n) is 18.9. The van der Waals surface area contributed by atoms with E-state index in [1.807, 2.05) is 38.1 Å². The molecule has 0 bridgehead atoms. The Bertz CT molecular complexity index is 923. The molecule has 172 valence electrons. The van der Waals surface area contributed by atoms with Gasteiger partial charge < -0.3 is 10.2 Å². The van der Waals surface area contributed by atoms with Crippen LogP contribution in [0.3, 0.4) is 0 Å². The SMILES string of the molecule is CC[C@H](C(=O)NC1CCCCC1)N(Cc1cccc(C)c1)C(=O)Cc1c(F)cccc1Cl. The van der Waals surface area contributed by atoms with E-state index in [4.69, 9.17) is 11.6 Å². The van der Waals surface area contributed by atoms with Crippen LogP contribution in [0.5, 0.6) is 0 Å². The molecule has 1 aliphatic carbocycles. The molecule has 0 aromatic heterocycles. The zero-order valence-corrected chi connectivity index (χ0v) is 19.6. The molecular formula is C26H32ClFN2O2. The Balaban J connectivity index is 1.85. The summed E-state index contributed by atoms with van der Waals surface area (Å²) in [6.45, 7) is 4.17. The van der Waals surface area contributed by atoms with E-state index in [9.17, 15) is 14.0 Å². The number of hydrogen-bond acceptors (Lipinski definition) is 2. The van der Waals surface area contributed by atoms with Crippen molar-refractivity contribution in [2.45, 2.75) is 77.4 Å². The van der Waals surface area contributed by atoms with E-state index < -0.39 is 11.9 Å². The van der Waals surface area contributed by atoms with Gasteiger partial charge in [0.15, 0.2) is 0 Å². The van der Waals surface area contributed by atoms with Crippen LogP contribution in [0.2, 0.25) is 5.02 Å². The van der Waals surface area contributed by atoms with Gasteiger partial charge in [0, 0.05) is 23.2 Å². The number of rotatable bonds is 8. The second-order valence-electron chi connectivity index (χ2n) is 8.66. The van der Waals surface area contributed by atoms with E-state index in [0.717, 1.165) is 36.8 Å². The van der Waals surface area contributed by atoms with Gasteiger partial charge in [-0.1, -0.05) is 73.7 Å². The number of carbonyl (C=O) groups excluding carboxylic acids is 2. The van der Waals surface area contributed by atoms with Crippen molar-refractivity contribution < 1.29 is 14.0 Å². The third-order valence-electron chi connectivity index (χ3n) is 6.16. The van der Waals surface area contributed by atoms with Crippen LogP contribution in [0.4, 0.5) is 4.39 Å². The first kappa shape index (κ1) is 24.2. The second-order valence-corrected chi connectivity index (χ2v) is 9.06. The Morgan fingerprint density at radius 1 is 1.16 bits per heavy atom. The first-order chi connectivity index (χ1) is 15.4. The van der Waals surface area contributed by atoms with Gasteiger partial charge in [-0.25, -0.2) is 4.39 Å². The molecule has 4 nitrogen and oxygen atoms in total.